The van der Waals surface area contributed by atoms with Crippen LogP contribution >= 0.6 is 0 Å². The van der Waals surface area contributed by atoms with Crippen LogP contribution in [0.2, 0.25) is 0 Å². The van der Waals surface area contributed by atoms with Crippen molar-refractivity contribution in [2.75, 3.05) is 13.1 Å². The first-order valence-electron chi connectivity index (χ1n) is 7.49. The maximum Gasteiger partial charge on any atom is 0.119 e. The van der Waals surface area contributed by atoms with Crippen molar-refractivity contribution < 1.29 is 4.74 Å². The van der Waals surface area contributed by atoms with Crippen LogP contribution in [0.3, 0.4) is 0 Å². The third-order valence-electron chi connectivity index (χ3n) is 4.00. The smallest absolute Gasteiger partial charge is 0.119 e. The van der Waals surface area contributed by atoms with Gasteiger partial charge in [0.1, 0.15) is 11.9 Å². The molecule has 1 heterocycles. The minimum Gasteiger partial charge on any atom is -0.490 e. The zero-order valence-corrected chi connectivity index (χ0v) is 12.8. The molecule has 1 aliphatic rings. The summed E-state index contributed by atoms with van der Waals surface area (Å²) in [5.41, 5.74) is 1.64. The number of nitrogens with zero attached hydrogens (tertiary/aromatic N) is 1. The predicted octanol–water partition coefficient (Wildman–Crippen LogP) is 3.89. The molecule has 1 aliphatic heterocycles. The molecule has 1 aromatic carbocycles. The molecule has 106 valence electrons. The van der Waals surface area contributed by atoms with Crippen LogP contribution < -0.4 is 4.74 Å². The van der Waals surface area contributed by atoms with E-state index in [4.69, 9.17) is 4.74 Å². The fraction of sp³-hybridized carbons (Fsp3) is 0.647. The molecule has 2 nitrogen and oxygen atoms in total. The van der Waals surface area contributed by atoms with Crippen molar-refractivity contribution in [3.63, 3.8) is 0 Å². The summed E-state index contributed by atoms with van der Waals surface area (Å²) in [6, 6.07) is 8.51. The molecule has 0 bridgehead atoms. The van der Waals surface area contributed by atoms with Gasteiger partial charge < -0.3 is 4.74 Å². The van der Waals surface area contributed by atoms with Gasteiger partial charge in [0, 0.05) is 18.6 Å². The number of piperidine rings is 1. The average Bonchev–Trinajstić information content (AvgIpc) is 2.38. The molecule has 0 saturated carbocycles. The Hall–Kier alpha value is -1.02. The Balaban J connectivity index is 1.88. The van der Waals surface area contributed by atoms with Gasteiger partial charge in [0.25, 0.3) is 0 Å². The molecule has 0 radical (unpaired) electrons. The van der Waals surface area contributed by atoms with Crippen LogP contribution in [0.15, 0.2) is 24.3 Å². The van der Waals surface area contributed by atoms with Gasteiger partial charge in [-0.1, -0.05) is 19.1 Å². The van der Waals surface area contributed by atoms with Gasteiger partial charge in [-0.15, -0.1) is 0 Å². The monoisotopic (exact) mass is 261 g/mol. The molecule has 0 unspecified atom stereocenters. The Morgan fingerprint density at radius 2 is 1.89 bits per heavy atom. The van der Waals surface area contributed by atoms with Crippen LogP contribution in [0, 0.1) is 0 Å². The number of rotatable bonds is 3. The second-order valence-electron chi connectivity index (χ2n) is 6.48. The first-order valence-corrected chi connectivity index (χ1v) is 7.49. The van der Waals surface area contributed by atoms with Crippen LogP contribution in [0.1, 0.15) is 46.1 Å². The van der Waals surface area contributed by atoms with Crippen LogP contribution in [0.5, 0.6) is 5.75 Å². The molecule has 1 fully saturated rings. The highest BCUT2D eigenvalue weighted by Gasteiger charge is 2.27. The highest BCUT2D eigenvalue weighted by molar-refractivity contribution is 5.28. The summed E-state index contributed by atoms with van der Waals surface area (Å²) >= 11 is 0. The molecule has 0 amide bonds. The van der Waals surface area contributed by atoms with E-state index in [0.29, 0.717) is 6.10 Å². The van der Waals surface area contributed by atoms with Gasteiger partial charge in [0.2, 0.25) is 0 Å². The van der Waals surface area contributed by atoms with Crippen molar-refractivity contribution in [2.45, 2.75) is 58.6 Å². The number of hydrogen-bond donors (Lipinski definition) is 0. The Morgan fingerprint density at radius 1 is 1.21 bits per heavy atom. The van der Waals surface area contributed by atoms with E-state index in [2.05, 4.69) is 56.9 Å². The van der Waals surface area contributed by atoms with E-state index in [9.17, 15) is 0 Å². The summed E-state index contributed by atoms with van der Waals surface area (Å²) in [4.78, 5) is 2.55. The number of aryl methyl sites for hydroxylation is 1. The molecule has 0 aromatic heterocycles. The minimum absolute atomic E-state index is 0.285. The SMILES string of the molecule is CCc1cccc(OC2CCN(C(C)(C)C)CC2)c1. The van der Waals surface area contributed by atoms with Gasteiger partial charge in [-0.2, -0.15) is 0 Å². The Bertz CT molecular complexity index is 400. The van der Waals surface area contributed by atoms with E-state index >= 15 is 0 Å². The van der Waals surface area contributed by atoms with E-state index in [1.54, 1.807) is 0 Å². The lowest BCUT2D eigenvalue weighted by atomic mass is 9.99. The molecule has 19 heavy (non-hydrogen) atoms. The molecule has 0 atom stereocenters. The number of likely N-dealkylation sites (tertiary alicyclic amines) is 1. The molecule has 0 N–H and O–H groups in total. The maximum absolute atomic E-state index is 6.13. The third kappa shape index (κ3) is 3.97. The van der Waals surface area contributed by atoms with Gasteiger partial charge in [0.05, 0.1) is 0 Å². The number of hydrogen-bond acceptors (Lipinski definition) is 2. The van der Waals surface area contributed by atoms with Crippen molar-refractivity contribution in [1.29, 1.82) is 0 Å². The van der Waals surface area contributed by atoms with E-state index in [1.807, 2.05) is 0 Å². The molecular weight excluding hydrogens is 234 g/mol. The maximum atomic E-state index is 6.13. The van der Waals surface area contributed by atoms with Crippen LogP contribution in [-0.2, 0) is 6.42 Å². The summed E-state index contributed by atoms with van der Waals surface area (Å²) in [6.07, 6.45) is 3.71. The largest absolute Gasteiger partial charge is 0.490 e. The van der Waals surface area contributed by atoms with E-state index < -0.39 is 0 Å². The van der Waals surface area contributed by atoms with Gasteiger partial charge in [-0.25, -0.2) is 0 Å². The van der Waals surface area contributed by atoms with Crippen LogP contribution in [0.25, 0.3) is 0 Å². The Morgan fingerprint density at radius 3 is 2.47 bits per heavy atom. The van der Waals surface area contributed by atoms with Gasteiger partial charge >= 0.3 is 0 Å². The fourth-order valence-corrected chi connectivity index (χ4v) is 2.68. The minimum atomic E-state index is 0.285. The fourth-order valence-electron chi connectivity index (χ4n) is 2.68. The van der Waals surface area contributed by atoms with Gasteiger partial charge in [0.15, 0.2) is 0 Å². The van der Waals surface area contributed by atoms with Crippen LogP contribution in [0.4, 0.5) is 0 Å². The van der Waals surface area contributed by atoms with Crippen molar-refractivity contribution in [2.24, 2.45) is 0 Å². The average molecular weight is 261 g/mol. The second kappa shape index (κ2) is 5.96. The molecule has 0 spiro atoms. The highest BCUT2D eigenvalue weighted by atomic mass is 16.5. The standard InChI is InChI=1S/C17H27NO/c1-5-14-7-6-8-16(13-14)19-15-9-11-18(12-10-15)17(2,3)4/h6-8,13,15H,5,9-12H2,1-4H3. The Labute approximate surface area is 117 Å². The topological polar surface area (TPSA) is 12.5 Å². The third-order valence-corrected chi connectivity index (χ3v) is 4.00. The molecule has 2 heteroatoms. The van der Waals surface area contributed by atoms with E-state index in [0.717, 1.165) is 38.1 Å². The number of ether oxygens (including phenoxy) is 1. The molecule has 0 aliphatic carbocycles. The first-order chi connectivity index (χ1) is 8.99. The summed E-state index contributed by atoms with van der Waals surface area (Å²) in [7, 11) is 0. The normalized spacial score (nSPS) is 18.5. The summed E-state index contributed by atoms with van der Waals surface area (Å²) in [5.74, 6) is 1.04. The van der Waals surface area contributed by atoms with E-state index in [-0.39, 0.29) is 5.54 Å². The highest BCUT2D eigenvalue weighted by Crippen LogP contribution is 2.24. The van der Waals surface area contributed by atoms with Crippen LogP contribution in [-0.4, -0.2) is 29.6 Å². The van der Waals surface area contributed by atoms with E-state index in [1.165, 1.54) is 5.56 Å². The summed E-state index contributed by atoms with van der Waals surface area (Å²) in [6.45, 7) is 11.3. The quantitative estimate of drug-likeness (QED) is 0.818. The van der Waals surface area contributed by atoms with Crippen molar-refractivity contribution in [3.8, 4) is 5.75 Å². The lowest BCUT2D eigenvalue weighted by Crippen LogP contribution is -2.48. The van der Waals surface area contributed by atoms with Gasteiger partial charge in [-0.05, 0) is 57.7 Å². The lowest BCUT2D eigenvalue weighted by molar-refractivity contribution is 0.0491. The predicted molar refractivity (Wildman–Crippen MR) is 80.8 cm³/mol. The van der Waals surface area contributed by atoms with Gasteiger partial charge in [-0.3, -0.25) is 4.90 Å². The summed E-state index contributed by atoms with van der Waals surface area (Å²) < 4.78 is 6.13. The summed E-state index contributed by atoms with van der Waals surface area (Å²) in [5, 5.41) is 0. The lowest BCUT2D eigenvalue weighted by Gasteiger charge is -2.40. The molecule has 1 saturated heterocycles. The van der Waals surface area contributed by atoms with Crippen molar-refractivity contribution in [1.82, 2.24) is 4.90 Å². The second-order valence-corrected chi connectivity index (χ2v) is 6.48. The number of benzene rings is 1. The van der Waals surface area contributed by atoms with Crippen molar-refractivity contribution >= 4 is 0 Å². The molecular formula is C17H27NO. The first kappa shape index (κ1) is 14.4. The van der Waals surface area contributed by atoms with Crippen molar-refractivity contribution in [3.05, 3.63) is 29.8 Å². The molecule has 1 aromatic rings. The zero-order valence-electron chi connectivity index (χ0n) is 12.8. The Kier molecular flexibility index (Phi) is 4.51. The molecule has 2 rings (SSSR count). The zero-order chi connectivity index (χ0) is 13.9.